The summed E-state index contributed by atoms with van der Waals surface area (Å²) in [6, 6.07) is 6.37. The van der Waals surface area contributed by atoms with Crippen LogP contribution in [-0.4, -0.2) is 55.6 Å². The van der Waals surface area contributed by atoms with E-state index in [1.807, 2.05) is 0 Å². The van der Waals surface area contributed by atoms with Gasteiger partial charge in [-0.3, -0.25) is 0 Å². The zero-order valence-corrected chi connectivity index (χ0v) is 13.2. The first-order valence-electron chi connectivity index (χ1n) is 7.84. The molecule has 1 N–H and O–H groups in total. The highest BCUT2D eigenvalue weighted by molar-refractivity contribution is 5.36. The van der Waals surface area contributed by atoms with E-state index in [9.17, 15) is 0 Å². The molecule has 0 atom stereocenters. The number of nitrogens with zero attached hydrogens (tertiary/aromatic N) is 1. The number of likely N-dealkylation sites (tertiary alicyclic amines) is 1. The summed E-state index contributed by atoms with van der Waals surface area (Å²) in [5.41, 5.74) is 2.45. The topological polar surface area (TPSA) is 41.9 Å². The van der Waals surface area contributed by atoms with Crippen LogP contribution in [0.5, 0.6) is 5.75 Å². The molecule has 1 aromatic rings. The van der Waals surface area contributed by atoms with Gasteiger partial charge in [0.1, 0.15) is 11.9 Å². The highest BCUT2D eigenvalue weighted by Gasteiger charge is 2.20. The minimum absolute atomic E-state index is 0.103. The van der Waals surface area contributed by atoms with Crippen molar-refractivity contribution in [3.63, 3.8) is 0 Å². The summed E-state index contributed by atoms with van der Waals surface area (Å²) in [4.78, 5) is 2.40. The van der Waals surface area contributed by atoms with E-state index in [1.54, 1.807) is 0 Å². The highest BCUT2D eigenvalue weighted by atomic mass is 16.5. The van der Waals surface area contributed by atoms with Crippen molar-refractivity contribution in [2.24, 2.45) is 0 Å². The van der Waals surface area contributed by atoms with Crippen molar-refractivity contribution in [3.05, 3.63) is 29.3 Å². The summed E-state index contributed by atoms with van der Waals surface area (Å²) in [5.74, 6) is 1.03. The first-order chi connectivity index (χ1) is 10.2. The number of aliphatic hydroxyl groups is 1. The van der Waals surface area contributed by atoms with Gasteiger partial charge in [0, 0.05) is 19.6 Å². The molecule has 0 bridgehead atoms. The van der Waals surface area contributed by atoms with E-state index in [4.69, 9.17) is 14.6 Å². The van der Waals surface area contributed by atoms with E-state index in [0.717, 1.165) is 38.2 Å². The highest BCUT2D eigenvalue weighted by Crippen LogP contribution is 2.23. The number of aryl methyl sites for hydroxylation is 2. The number of aliphatic hydroxyl groups excluding tert-OH is 1. The van der Waals surface area contributed by atoms with Crippen molar-refractivity contribution in [3.8, 4) is 5.75 Å². The van der Waals surface area contributed by atoms with Crippen LogP contribution < -0.4 is 4.74 Å². The molecule has 2 rings (SSSR count). The van der Waals surface area contributed by atoms with Gasteiger partial charge in [-0.05, 0) is 43.9 Å². The van der Waals surface area contributed by atoms with E-state index < -0.39 is 0 Å². The van der Waals surface area contributed by atoms with Crippen LogP contribution in [0.2, 0.25) is 0 Å². The molecule has 1 heterocycles. The summed E-state index contributed by atoms with van der Waals surface area (Å²) >= 11 is 0. The molecule has 118 valence electrons. The molecule has 0 unspecified atom stereocenters. The van der Waals surface area contributed by atoms with Crippen molar-refractivity contribution >= 4 is 0 Å². The molecule has 0 spiro atoms. The average Bonchev–Trinajstić information content (AvgIpc) is 2.49. The largest absolute Gasteiger partial charge is 0.490 e. The van der Waals surface area contributed by atoms with Crippen LogP contribution in [0.3, 0.4) is 0 Å². The monoisotopic (exact) mass is 293 g/mol. The maximum Gasteiger partial charge on any atom is 0.122 e. The van der Waals surface area contributed by atoms with Gasteiger partial charge in [0.05, 0.1) is 19.8 Å². The second-order valence-corrected chi connectivity index (χ2v) is 5.76. The predicted molar refractivity (Wildman–Crippen MR) is 83.9 cm³/mol. The summed E-state index contributed by atoms with van der Waals surface area (Å²) in [7, 11) is 0. The Morgan fingerprint density at radius 3 is 2.67 bits per heavy atom. The van der Waals surface area contributed by atoms with Crippen LogP contribution in [0, 0.1) is 13.8 Å². The Labute approximate surface area is 127 Å². The van der Waals surface area contributed by atoms with Gasteiger partial charge < -0.3 is 19.5 Å². The van der Waals surface area contributed by atoms with E-state index in [2.05, 4.69) is 36.9 Å². The van der Waals surface area contributed by atoms with Gasteiger partial charge >= 0.3 is 0 Å². The zero-order valence-electron chi connectivity index (χ0n) is 13.2. The molecule has 0 aliphatic carbocycles. The molecule has 0 aromatic heterocycles. The number of piperidine rings is 1. The van der Waals surface area contributed by atoms with Crippen molar-refractivity contribution in [1.82, 2.24) is 4.90 Å². The predicted octanol–water partition coefficient (Wildman–Crippen LogP) is 2.16. The van der Waals surface area contributed by atoms with Crippen LogP contribution >= 0.6 is 0 Å². The fourth-order valence-corrected chi connectivity index (χ4v) is 2.62. The molecule has 1 aliphatic rings. The van der Waals surface area contributed by atoms with Gasteiger partial charge in [0.15, 0.2) is 0 Å². The first-order valence-corrected chi connectivity index (χ1v) is 7.84. The van der Waals surface area contributed by atoms with Crippen molar-refractivity contribution < 1.29 is 14.6 Å². The van der Waals surface area contributed by atoms with E-state index >= 15 is 0 Å². The lowest BCUT2D eigenvalue weighted by Crippen LogP contribution is -2.40. The fraction of sp³-hybridized carbons (Fsp3) is 0.647. The molecule has 1 saturated heterocycles. The van der Waals surface area contributed by atoms with E-state index in [0.29, 0.717) is 19.3 Å². The normalized spacial score (nSPS) is 17.1. The van der Waals surface area contributed by atoms with E-state index in [-0.39, 0.29) is 6.61 Å². The van der Waals surface area contributed by atoms with Crippen molar-refractivity contribution in [2.75, 3.05) is 39.5 Å². The molecule has 0 amide bonds. The molecule has 4 heteroatoms. The Balaban J connectivity index is 1.72. The smallest absolute Gasteiger partial charge is 0.122 e. The third kappa shape index (κ3) is 5.30. The molecule has 0 radical (unpaired) electrons. The number of hydrogen-bond donors (Lipinski definition) is 1. The third-order valence-electron chi connectivity index (χ3n) is 3.96. The lowest BCUT2D eigenvalue weighted by atomic mass is 10.1. The lowest BCUT2D eigenvalue weighted by molar-refractivity contribution is 0.0517. The SMILES string of the molecule is Cc1ccc(C)c(OC2CCN(CCOCCO)CC2)c1. The van der Waals surface area contributed by atoms with Gasteiger partial charge in [-0.25, -0.2) is 0 Å². The average molecular weight is 293 g/mol. The Morgan fingerprint density at radius 1 is 1.19 bits per heavy atom. The Kier molecular flexibility index (Phi) is 6.49. The van der Waals surface area contributed by atoms with Gasteiger partial charge in [-0.1, -0.05) is 12.1 Å². The summed E-state index contributed by atoms with van der Waals surface area (Å²) in [6.07, 6.45) is 2.45. The fourth-order valence-electron chi connectivity index (χ4n) is 2.62. The van der Waals surface area contributed by atoms with Crippen LogP contribution in [0.4, 0.5) is 0 Å². The Hall–Kier alpha value is -1.10. The van der Waals surface area contributed by atoms with Gasteiger partial charge in [-0.15, -0.1) is 0 Å². The van der Waals surface area contributed by atoms with Crippen molar-refractivity contribution in [2.45, 2.75) is 32.8 Å². The maximum absolute atomic E-state index is 8.66. The van der Waals surface area contributed by atoms with Crippen molar-refractivity contribution in [1.29, 1.82) is 0 Å². The molecule has 1 aliphatic heterocycles. The molecular weight excluding hydrogens is 266 g/mol. The molecule has 0 saturated carbocycles. The summed E-state index contributed by atoms with van der Waals surface area (Å²) < 4.78 is 11.5. The summed E-state index contributed by atoms with van der Waals surface area (Å²) in [6.45, 7) is 8.48. The standard InChI is InChI=1S/C17H27NO3/c1-14-3-4-15(2)17(13-14)21-16-5-7-18(8-6-16)9-11-20-12-10-19/h3-4,13,16,19H,5-12H2,1-2H3. The lowest BCUT2D eigenvalue weighted by Gasteiger charge is -2.32. The Bertz CT molecular complexity index is 428. The first kappa shape index (κ1) is 16.3. The number of rotatable bonds is 7. The van der Waals surface area contributed by atoms with Crippen LogP contribution in [-0.2, 0) is 4.74 Å². The molecule has 1 aromatic carbocycles. The molecular formula is C17H27NO3. The van der Waals surface area contributed by atoms with E-state index in [1.165, 1.54) is 11.1 Å². The molecule has 4 nitrogen and oxygen atoms in total. The van der Waals surface area contributed by atoms with Crippen LogP contribution in [0.25, 0.3) is 0 Å². The molecule has 21 heavy (non-hydrogen) atoms. The van der Waals surface area contributed by atoms with Gasteiger partial charge in [0.25, 0.3) is 0 Å². The number of benzene rings is 1. The van der Waals surface area contributed by atoms with Crippen LogP contribution in [0.15, 0.2) is 18.2 Å². The molecule has 1 fully saturated rings. The number of ether oxygens (including phenoxy) is 2. The minimum Gasteiger partial charge on any atom is -0.490 e. The summed E-state index contributed by atoms with van der Waals surface area (Å²) in [5, 5.41) is 8.66. The minimum atomic E-state index is 0.103. The number of hydrogen-bond acceptors (Lipinski definition) is 4. The third-order valence-corrected chi connectivity index (χ3v) is 3.96. The quantitative estimate of drug-likeness (QED) is 0.782. The second-order valence-electron chi connectivity index (χ2n) is 5.76. The van der Waals surface area contributed by atoms with Crippen LogP contribution in [0.1, 0.15) is 24.0 Å². The zero-order chi connectivity index (χ0) is 15.1. The maximum atomic E-state index is 8.66. The second kappa shape index (κ2) is 8.37. The van der Waals surface area contributed by atoms with Gasteiger partial charge in [0.2, 0.25) is 0 Å². The Morgan fingerprint density at radius 2 is 1.95 bits per heavy atom. The van der Waals surface area contributed by atoms with Gasteiger partial charge in [-0.2, -0.15) is 0 Å².